The van der Waals surface area contributed by atoms with Crippen LogP contribution in [0.5, 0.6) is 11.5 Å². The molecule has 3 heterocycles. The number of carbonyl (C=O) groups is 1. The fraction of sp³-hybridized carbons (Fsp3) is 0.500. The minimum atomic E-state index is 0.0168. The fourth-order valence-electron chi connectivity index (χ4n) is 4.38. The Bertz CT molecular complexity index is 903. The van der Waals surface area contributed by atoms with E-state index in [1.54, 1.807) is 20.3 Å². The number of likely N-dealkylation sites (tertiary alicyclic amines) is 1. The molecule has 0 bridgehead atoms. The summed E-state index contributed by atoms with van der Waals surface area (Å²) in [5.41, 5.74) is 1.01. The Morgan fingerprint density at radius 2 is 1.87 bits per heavy atom. The molecule has 2 fully saturated rings. The van der Waals surface area contributed by atoms with E-state index in [1.165, 1.54) is 0 Å². The van der Waals surface area contributed by atoms with Gasteiger partial charge in [0.25, 0.3) is 0 Å². The molecule has 31 heavy (non-hydrogen) atoms. The van der Waals surface area contributed by atoms with Crippen LogP contribution in [0.3, 0.4) is 0 Å². The second-order valence-corrected chi connectivity index (χ2v) is 8.22. The van der Waals surface area contributed by atoms with E-state index < -0.39 is 0 Å². The molecule has 9 heteroatoms. The van der Waals surface area contributed by atoms with Gasteiger partial charge in [-0.05, 0) is 43.2 Å². The lowest BCUT2D eigenvalue weighted by Gasteiger charge is -2.36. The predicted molar refractivity (Wildman–Crippen MR) is 119 cm³/mol. The van der Waals surface area contributed by atoms with Crippen molar-refractivity contribution in [1.29, 1.82) is 0 Å². The molecule has 1 aromatic carbocycles. The summed E-state index contributed by atoms with van der Waals surface area (Å²) in [4.78, 5) is 19.6. The van der Waals surface area contributed by atoms with Crippen LogP contribution >= 0.6 is 11.6 Å². The van der Waals surface area contributed by atoms with E-state index in [0.717, 1.165) is 68.4 Å². The van der Waals surface area contributed by atoms with Crippen LogP contribution in [0, 0.1) is 0 Å². The predicted octanol–water partition coefficient (Wildman–Crippen LogP) is 2.63. The first kappa shape index (κ1) is 21.6. The lowest BCUT2D eigenvalue weighted by molar-refractivity contribution is -0.133. The molecule has 2 aromatic rings. The van der Waals surface area contributed by atoms with E-state index >= 15 is 0 Å². The Labute approximate surface area is 187 Å². The highest BCUT2D eigenvalue weighted by molar-refractivity contribution is 6.29. The number of amides is 1. The van der Waals surface area contributed by atoms with Gasteiger partial charge in [0, 0.05) is 38.3 Å². The first-order chi connectivity index (χ1) is 15.1. The number of benzene rings is 1. The molecule has 1 aromatic heterocycles. The van der Waals surface area contributed by atoms with Gasteiger partial charge in [-0.2, -0.15) is 0 Å². The SMILES string of the molecule is COc1ccc(OC)c(C2CCCN2C(=O)CN2CCN(c3ccc(Cl)nn3)CC2)c1. The highest BCUT2D eigenvalue weighted by Gasteiger charge is 2.33. The number of nitrogens with zero attached hydrogens (tertiary/aromatic N) is 5. The monoisotopic (exact) mass is 445 g/mol. The van der Waals surface area contributed by atoms with Crippen molar-refractivity contribution >= 4 is 23.3 Å². The second-order valence-electron chi connectivity index (χ2n) is 7.83. The summed E-state index contributed by atoms with van der Waals surface area (Å²) in [7, 11) is 3.31. The maximum atomic E-state index is 13.2. The van der Waals surface area contributed by atoms with Gasteiger partial charge >= 0.3 is 0 Å². The Kier molecular flexibility index (Phi) is 6.77. The molecule has 1 amide bonds. The largest absolute Gasteiger partial charge is 0.497 e. The van der Waals surface area contributed by atoms with Crippen molar-refractivity contribution in [3.8, 4) is 11.5 Å². The van der Waals surface area contributed by atoms with Gasteiger partial charge in [0.2, 0.25) is 5.91 Å². The van der Waals surface area contributed by atoms with Crippen molar-refractivity contribution in [2.24, 2.45) is 0 Å². The third-order valence-electron chi connectivity index (χ3n) is 6.04. The van der Waals surface area contributed by atoms with E-state index in [4.69, 9.17) is 21.1 Å². The third kappa shape index (κ3) is 4.85. The lowest BCUT2D eigenvalue weighted by atomic mass is 10.0. The molecule has 8 nitrogen and oxygen atoms in total. The molecule has 0 aliphatic carbocycles. The van der Waals surface area contributed by atoms with Crippen molar-refractivity contribution in [2.45, 2.75) is 18.9 Å². The van der Waals surface area contributed by atoms with Crippen LogP contribution in [0.4, 0.5) is 5.82 Å². The van der Waals surface area contributed by atoms with Gasteiger partial charge in [-0.25, -0.2) is 0 Å². The number of piperazine rings is 1. The summed E-state index contributed by atoms with van der Waals surface area (Å²) < 4.78 is 11.0. The smallest absolute Gasteiger partial charge is 0.237 e. The van der Waals surface area contributed by atoms with Crippen LogP contribution in [0.1, 0.15) is 24.4 Å². The van der Waals surface area contributed by atoms with Crippen molar-refractivity contribution in [1.82, 2.24) is 20.0 Å². The molecule has 166 valence electrons. The maximum absolute atomic E-state index is 13.2. The van der Waals surface area contributed by atoms with E-state index in [-0.39, 0.29) is 11.9 Å². The number of halogens is 1. The van der Waals surface area contributed by atoms with Crippen LogP contribution in [0.25, 0.3) is 0 Å². The molecular formula is C22H28ClN5O3. The molecule has 0 saturated carbocycles. The van der Waals surface area contributed by atoms with Gasteiger partial charge in [-0.15, -0.1) is 10.2 Å². The number of hydrogen-bond donors (Lipinski definition) is 0. The zero-order valence-electron chi connectivity index (χ0n) is 18.0. The van der Waals surface area contributed by atoms with Crippen molar-refractivity contribution in [3.63, 3.8) is 0 Å². The number of anilines is 1. The molecule has 4 rings (SSSR count). The molecular weight excluding hydrogens is 418 g/mol. The average Bonchev–Trinajstić information content (AvgIpc) is 3.30. The first-order valence-corrected chi connectivity index (χ1v) is 10.9. The zero-order chi connectivity index (χ0) is 21.8. The van der Waals surface area contributed by atoms with Crippen LogP contribution in [-0.2, 0) is 4.79 Å². The summed E-state index contributed by atoms with van der Waals surface area (Å²) in [5, 5.41) is 8.46. The minimum Gasteiger partial charge on any atom is -0.497 e. The highest BCUT2D eigenvalue weighted by atomic mass is 35.5. The summed E-state index contributed by atoms with van der Waals surface area (Å²) in [6.45, 7) is 4.40. The van der Waals surface area contributed by atoms with Crippen LogP contribution in [0.2, 0.25) is 5.15 Å². The quantitative estimate of drug-likeness (QED) is 0.676. The Morgan fingerprint density at radius 3 is 2.55 bits per heavy atom. The number of aromatic nitrogens is 2. The number of rotatable bonds is 6. The Balaban J connectivity index is 1.38. The van der Waals surface area contributed by atoms with Crippen LogP contribution in [-0.4, -0.2) is 79.4 Å². The van der Waals surface area contributed by atoms with Crippen molar-refractivity contribution in [3.05, 3.63) is 41.0 Å². The number of methoxy groups -OCH3 is 2. The van der Waals surface area contributed by atoms with Crippen LogP contribution in [0.15, 0.2) is 30.3 Å². The van der Waals surface area contributed by atoms with E-state index in [0.29, 0.717) is 11.7 Å². The molecule has 1 unspecified atom stereocenters. The maximum Gasteiger partial charge on any atom is 0.237 e. The molecule has 1 atom stereocenters. The fourth-order valence-corrected chi connectivity index (χ4v) is 4.48. The number of hydrogen-bond acceptors (Lipinski definition) is 7. The Morgan fingerprint density at radius 1 is 1.06 bits per heavy atom. The third-order valence-corrected chi connectivity index (χ3v) is 6.24. The molecule has 0 radical (unpaired) electrons. The second kappa shape index (κ2) is 9.70. The number of carbonyl (C=O) groups excluding carboxylic acids is 1. The summed E-state index contributed by atoms with van der Waals surface area (Å²) in [6.07, 6.45) is 1.91. The average molecular weight is 446 g/mol. The lowest BCUT2D eigenvalue weighted by Crippen LogP contribution is -2.50. The molecule has 2 aliphatic heterocycles. The van der Waals surface area contributed by atoms with E-state index in [9.17, 15) is 4.79 Å². The summed E-state index contributed by atoms with van der Waals surface area (Å²) in [6, 6.07) is 9.43. The Hall–Kier alpha value is -2.58. The minimum absolute atomic E-state index is 0.0168. The standard InChI is InChI=1S/C22H28ClN5O3/c1-30-16-5-6-19(31-2)17(14-16)18-4-3-9-28(18)22(29)15-26-10-12-27(13-11-26)21-8-7-20(23)24-25-21/h5-8,14,18H,3-4,9-13,15H2,1-2H3. The first-order valence-electron chi connectivity index (χ1n) is 10.6. The summed E-state index contributed by atoms with van der Waals surface area (Å²) in [5.74, 6) is 2.55. The molecule has 0 N–H and O–H groups in total. The van der Waals surface area contributed by atoms with Crippen molar-refractivity contribution < 1.29 is 14.3 Å². The highest BCUT2D eigenvalue weighted by Crippen LogP contribution is 2.39. The summed E-state index contributed by atoms with van der Waals surface area (Å²) >= 11 is 5.83. The van der Waals surface area contributed by atoms with Gasteiger partial charge in [0.05, 0.1) is 26.8 Å². The normalized spacial score (nSPS) is 19.5. The van der Waals surface area contributed by atoms with E-state index in [1.807, 2.05) is 29.2 Å². The number of ether oxygens (including phenoxy) is 2. The molecule has 0 spiro atoms. The van der Waals surface area contributed by atoms with Gasteiger partial charge in [0.15, 0.2) is 11.0 Å². The topological polar surface area (TPSA) is 71.0 Å². The van der Waals surface area contributed by atoms with Crippen molar-refractivity contribution in [2.75, 3.05) is 58.4 Å². The van der Waals surface area contributed by atoms with Gasteiger partial charge < -0.3 is 19.3 Å². The molecule has 2 aliphatic rings. The van der Waals surface area contributed by atoms with Gasteiger partial charge in [-0.1, -0.05) is 11.6 Å². The van der Waals surface area contributed by atoms with Gasteiger partial charge in [0.1, 0.15) is 11.5 Å². The van der Waals surface area contributed by atoms with E-state index in [2.05, 4.69) is 20.0 Å². The van der Waals surface area contributed by atoms with Crippen LogP contribution < -0.4 is 14.4 Å². The molecule has 2 saturated heterocycles. The van der Waals surface area contributed by atoms with Gasteiger partial charge in [-0.3, -0.25) is 9.69 Å². The zero-order valence-corrected chi connectivity index (χ0v) is 18.7.